The molecule has 3 aromatic heterocycles. The van der Waals surface area contributed by atoms with Gasteiger partial charge in [-0.1, -0.05) is 78.8 Å². The van der Waals surface area contributed by atoms with Gasteiger partial charge in [-0.05, 0) is 168 Å². The molecule has 3 amide bonds. The Balaban J connectivity index is 0.698. The second kappa shape index (κ2) is 21.6. The molecule has 0 spiro atoms. The fourth-order valence-electron chi connectivity index (χ4n) is 12.1. The van der Waals surface area contributed by atoms with Crippen molar-refractivity contribution in [3.05, 3.63) is 130 Å². The maximum absolute atomic E-state index is 14.1. The van der Waals surface area contributed by atoms with E-state index in [2.05, 4.69) is 56.6 Å². The number of fused-ring (bicyclic) bond motifs is 3. The summed E-state index contributed by atoms with van der Waals surface area (Å²) in [6.45, 7) is 12.0. The van der Waals surface area contributed by atoms with Crippen molar-refractivity contribution in [3.63, 3.8) is 0 Å². The van der Waals surface area contributed by atoms with Crippen molar-refractivity contribution in [3.8, 4) is 16.9 Å². The standard InChI is InChI=1S/C61H68N8O6S/c1-37-42(44-26-28-52(63-55(44)59(73)75-61(2,3)4)69-34-31-39-14-10-17-45(48(39)36-69)57(71)65-60-62-49-19-6-7-21-51(49)76-60)15-12-20-50(37)74-41-24-22-38(23-25-41)13-8-9-32-68-33-30-40(35-68)43-16-11-18-46-54(66-67(5)56(43)46)47-27-29-53(70)64-58(47)72/h6-7,10-12,14-21,26,28,38,40-41,47H,8-9,13,22-25,27,29-36H2,1-5H3,(H,62,65,71)(H,64,70,72)/t38?,40-,41?,47?/m1/s1. The molecule has 3 fully saturated rings. The Kier molecular flexibility index (Phi) is 14.5. The minimum absolute atomic E-state index is 0.122. The van der Waals surface area contributed by atoms with Gasteiger partial charge in [0.2, 0.25) is 11.8 Å². The second-order valence-electron chi connectivity index (χ2n) is 22.4. The molecule has 11 rings (SSSR count). The summed E-state index contributed by atoms with van der Waals surface area (Å²) in [5.41, 5.74) is 8.71. The third-order valence-corrected chi connectivity index (χ3v) is 17.0. The van der Waals surface area contributed by atoms with Gasteiger partial charge < -0.3 is 19.3 Å². The third-order valence-electron chi connectivity index (χ3n) is 16.0. The first-order chi connectivity index (χ1) is 36.7. The number of ether oxygens (including phenoxy) is 2. The summed E-state index contributed by atoms with van der Waals surface area (Å²) in [6.07, 6.45) is 10.7. The zero-order chi connectivity index (χ0) is 52.7. The Labute approximate surface area is 448 Å². The van der Waals surface area contributed by atoms with Crippen LogP contribution in [0.4, 0.5) is 10.9 Å². The highest BCUT2D eigenvalue weighted by Gasteiger charge is 2.34. The summed E-state index contributed by atoms with van der Waals surface area (Å²) >= 11 is 1.45. The number of unbranched alkanes of at least 4 members (excludes halogenated alkanes) is 1. The number of imide groups is 1. The normalized spacial score (nSPS) is 20.2. The zero-order valence-corrected chi connectivity index (χ0v) is 45.1. The van der Waals surface area contributed by atoms with Gasteiger partial charge in [-0.15, -0.1) is 0 Å². The number of nitrogens with one attached hydrogen (secondary N) is 2. The fourth-order valence-corrected chi connectivity index (χ4v) is 13.0. The molecular formula is C61H68N8O6S. The molecule has 76 heavy (non-hydrogen) atoms. The largest absolute Gasteiger partial charge is 0.490 e. The summed E-state index contributed by atoms with van der Waals surface area (Å²) in [5.74, 6) is 1.02. The van der Waals surface area contributed by atoms with Crippen molar-refractivity contribution in [1.29, 1.82) is 0 Å². The molecule has 14 nitrogen and oxygen atoms in total. The number of pyridine rings is 1. The van der Waals surface area contributed by atoms with Crippen LogP contribution in [0.5, 0.6) is 5.75 Å². The molecule has 3 aliphatic heterocycles. The van der Waals surface area contributed by atoms with Crippen molar-refractivity contribution < 1.29 is 28.7 Å². The molecule has 0 bridgehead atoms. The molecular weight excluding hydrogens is 973 g/mol. The molecule has 1 unspecified atom stereocenters. The number of hydrogen-bond acceptors (Lipinski definition) is 12. The Hall–Kier alpha value is -6.97. The SMILES string of the molecule is Cc1c(OC2CCC(CCCCN3CC[C@@H](c4cccc5c(C6CCC(=O)NC6=O)nn(C)c45)C3)CC2)cccc1-c1ccc(N2CCc3cccc(C(=O)Nc4nc5ccccc5s4)c3C2)nc1C(=O)OC(C)(C)C. The number of likely N-dealkylation sites (tertiary alicyclic amines) is 1. The van der Waals surface area contributed by atoms with Crippen molar-refractivity contribution in [2.45, 2.75) is 128 Å². The number of rotatable bonds is 14. The van der Waals surface area contributed by atoms with Gasteiger partial charge in [0, 0.05) is 49.6 Å². The van der Waals surface area contributed by atoms with E-state index in [0.717, 1.165) is 113 Å². The lowest BCUT2D eigenvalue weighted by atomic mass is 9.84. The Morgan fingerprint density at radius 1 is 0.842 bits per heavy atom. The quantitative estimate of drug-likeness (QED) is 0.0606. The fraction of sp³-hybridized carbons (Fsp3) is 0.426. The predicted octanol–water partition coefficient (Wildman–Crippen LogP) is 11.4. The number of esters is 1. The second-order valence-corrected chi connectivity index (χ2v) is 23.4. The highest BCUT2D eigenvalue weighted by atomic mass is 32.1. The molecule has 2 atom stereocenters. The molecule has 1 saturated carbocycles. The van der Waals surface area contributed by atoms with Crippen LogP contribution in [0, 0.1) is 12.8 Å². The van der Waals surface area contributed by atoms with E-state index in [9.17, 15) is 19.2 Å². The van der Waals surface area contributed by atoms with Crippen LogP contribution in [0.1, 0.15) is 146 Å². The van der Waals surface area contributed by atoms with E-state index in [0.29, 0.717) is 59.8 Å². The molecule has 7 aromatic rings. The number of thiazole rings is 1. The highest BCUT2D eigenvalue weighted by Crippen LogP contribution is 2.40. The summed E-state index contributed by atoms with van der Waals surface area (Å²) in [6, 6.07) is 30.1. The van der Waals surface area contributed by atoms with E-state index in [4.69, 9.17) is 19.6 Å². The van der Waals surface area contributed by atoms with Gasteiger partial charge in [0.05, 0.1) is 33.4 Å². The minimum Gasteiger partial charge on any atom is -0.490 e. The van der Waals surface area contributed by atoms with E-state index in [1.54, 1.807) is 0 Å². The van der Waals surface area contributed by atoms with Crippen LogP contribution in [0.2, 0.25) is 0 Å². The van der Waals surface area contributed by atoms with Crippen molar-refractivity contribution >= 4 is 67.1 Å². The number of carbonyl (C=O) groups is 4. The van der Waals surface area contributed by atoms with Gasteiger partial charge in [-0.2, -0.15) is 5.10 Å². The van der Waals surface area contributed by atoms with Crippen LogP contribution < -0.4 is 20.3 Å². The highest BCUT2D eigenvalue weighted by molar-refractivity contribution is 7.22. The summed E-state index contributed by atoms with van der Waals surface area (Å²) in [7, 11) is 1.97. The summed E-state index contributed by atoms with van der Waals surface area (Å²) in [4.78, 5) is 67.0. The lowest BCUT2D eigenvalue weighted by molar-refractivity contribution is -0.134. The minimum atomic E-state index is -0.731. The van der Waals surface area contributed by atoms with E-state index in [-0.39, 0.29) is 29.5 Å². The number of anilines is 2. The van der Waals surface area contributed by atoms with Crippen LogP contribution in [0.15, 0.2) is 91.0 Å². The van der Waals surface area contributed by atoms with E-state index in [1.165, 1.54) is 36.2 Å². The summed E-state index contributed by atoms with van der Waals surface area (Å²) < 4.78 is 15.8. The van der Waals surface area contributed by atoms with Gasteiger partial charge in [-0.25, -0.2) is 14.8 Å². The van der Waals surface area contributed by atoms with Gasteiger partial charge in [-0.3, -0.25) is 29.7 Å². The third kappa shape index (κ3) is 10.9. The molecule has 4 aliphatic rings. The average molecular weight is 1040 g/mol. The first-order valence-electron chi connectivity index (χ1n) is 27.3. The number of hydrogen-bond donors (Lipinski definition) is 2. The van der Waals surface area contributed by atoms with E-state index < -0.39 is 17.5 Å². The van der Waals surface area contributed by atoms with Crippen LogP contribution in [-0.2, 0) is 34.3 Å². The van der Waals surface area contributed by atoms with Crippen molar-refractivity contribution in [2.75, 3.05) is 36.4 Å². The monoisotopic (exact) mass is 1040 g/mol. The molecule has 1 aliphatic carbocycles. The van der Waals surface area contributed by atoms with Gasteiger partial charge >= 0.3 is 5.97 Å². The van der Waals surface area contributed by atoms with Crippen LogP contribution in [0.25, 0.3) is 32.2 Å². The smallest absolute Gasteiger partial charge is 0.358 e. The van der Waals surface area contributed by atoms with Gasteiger partial charge in [0.15, 0.2) is 10.8 Å². The Morgan fingerprint density at radius 2 is 1.66 bits per heavy atom. The zero-order valence-electron chi connectivity index (χ0n) is 44.3. The topological polar surface area (TPSA) is 161 Å². The molecule has 6 heterocycles. The number of carbonyl (C=O) groups excluding carboxylic acids is 4. The number of aromatic nitrogens is 4. The molecule has 2 saturated heterocycles. The number of para-hydroxylation sites is 2. The Morgan fingerprint density at radius 3 is 2.47 bits per heavy atom. The maximum atomic E-state index is 14.1. The van der Waals surface area contributed by atoms with Crippen molar-refractivity contribution in [2.24, 2.45) is 13.0 Å². The summed E-state index contributed by atoms with van der Waals surface area (Å²) in [5, 5.41) is 12.0. The van der Waals surface area contributed by atoms with Crippen LogP contribution in [-0.4, -0.2) is 86.2 Å². The average Bonchev–Trinajstić information content (AvgIpc) is 4.16. The Bertz CT molecular complexity index is 3320. The van der Waals surface area contributed by atoms with Crippen molar-refractivity contribution in [1.82, 2.24) is 30.0 Å². The number of nitrogens with zero attached hydrogens (tertiary/aromatic N) is 6. The maximum Gasteiger partial charge on any atom is 0.358 e. The van der Waals surface area contributed by atoms with Gasteiger partial charge in [0.1, 0.15) is 17.2 Å². The number of amides is 3. The van der Waals surface area contributed by atoms with E-state index in [1.807, 2.05) is 99.2 Å². The first kappa shape index (κ1) is 51.2. The molecule has 15 heteroatoms. The lowest BCUT2D eigenvalue weighted by Crippen LogP contribution is -2.39. The molecule has 394 valence electrons. The molecule has 4 aromatic carbocycles. The van der Waals surface area contributed by atoms with E-state index >= 15 is 0 Å². The predicted molar refractivity (Wildman–Crippen MR) is 298 cm³/mol. The lowest BCUT2D eigenvalue weighted by Gasteiger charge is -2.31. The number of aryl methyl sites for hydroxylation is 1. The van der Waals surface area contributed by atoms with Crippen LogP contribution in [0.3, 0.4) is 0 Å². The number of benzene rings is 4. The van der Waals surface area contributed by atoms with Crippen LogP contribution >= 0.6 is 11.3 Å². The number of piperidine rings is 1. The first-order valence-corrected chi connectivity index (χ1v) is 28.1. The molecule has 0 radical (unpaired) electrons. The molecule has 2 N–H and O–H groups in total. The van der Waals surface area contributed by atoms with Gasteiger partial charge in [0.25, 0.3) is 5.91 Å².